The second kappa shape index (κ2) is 6.92. The van der Waals surface area contributed by atoms with Crippen molar-refractivity contribution in [3.8, 4) is 11.3 Å². The molecule has 0 fully saturated rings. The van der Waals surface area contributed by atoms with Crippen molar-refractivity contribution in [2.24, 2.45) is 0 Å². The molecule has 0 saturated carbocycles. The van der Waals surface area contributed by atoms with E-state index in [4.69, 9.17) is 4.42 Å². The van der Waals surface area contributed by atoms with Gasteiger partial charge in [0.25, 0.3) is 5.91 Å². The molecule has 0 unspecified atom stereocenters. The minimum Gasteiger partial charge on any atom is -0.421 e. The number of imide groups is 1. The molecule has 1 aromatic carbocycles. The van der Waals surface area contributed by atoms with Crippen molar-refractivity contribution in [2.75, 3.05) is 4.90 Å². The summed E-state index contributed by atoms with van der Waals surface area (Å²) in [6.45, 7) is 1.22. The van der Waals surface area contributed by atoms with Gasteiger partial charge in [0, 0.05) is 30.4 Å². The number of aromatic nitrogens is 1. The minimum absolute atomic E-state index is 0.131. The van der Waals surface area contributed by atoms with Crippen LogP contribution in [-0.2, 0) is 4.79 Å². The number of nitrogens with zero attached hydrogens (tertiary/aromatic N) is 2. The van der Waals surface area contributed by atoms with Crippen LogP contribution in [0.15, 0.2) is 76.2 Å². The number of rotatable bonds is 3. The molecule has 0 saturated heterocycles. The number of hydrogen-bond donors (Lipinski definition) is 0. The molecule has 25 heavy (non-hydrogen) atoms. The molecular formula is C19H14N2O4. The second-order valence-corrected chi connectivity index (χ2v) is 5.24. The molecule has 0 spiro atoms. The number of pyridine rings is 1. The van der Waals surface area contributed by atoms with E-state index >= 15 is 0 Å². The van der Waals surface area contributed by atoms with Crippen molar-refractivity contribution in [1.82, 2.24) is 4.98 Å². The Morgan fingerprint density at radius 1 is 1.00 bits per heavy atom. The fourth-order valence-corrected chi connectivity index (χ4v) is 2.37. The molecule has 0 aliphatic heterocycles. The highest BCUT2D eigenvalue weighted by atomic mass is 16.4. The van der Waals surface area contributed by atoms with Gasteiger partial charge in [-0.2, -0.15) is 0 Å². The summed E-state index contributed by atoms with van der Waals surface area (Å²) in [5.74, 6) is -0.859. The zero-order valence-corrected chi connectivity index (χ0v) is 13.4. The predicted octanol–water partition coefficient (Wildman–Crippen LogP) is 2.90. The molecule has 0 bridgehead atoms. The van der Waals surface area contributed by atoms with Crippen molar-refractivity contribution in [3.63, 3.8) is 0 Å². The van der Waals surface area contributed by atoms with Gasteiger partial charge in [0.2, 0.25) is 5.91 Å². The maximum absolute atomic E-state index is 12.6. The van der Waals surface area contributed by atoms with Crippen molar-refractivity contribution >= 4 is 17.5 Å². The zero-order valence-electron chi connectivity index (χ0n) is 13.4. The molecule has 0 aliphatic rings. The van der Waals surface area contributed by atoms with Gasteiger partial charge in [0.1, 0.15) is 11.4 Å². The fourth-order valence-electron chi connectivity index (χ4n) is 2.37. The Morgan fingerprint density at radius 2 is 1.76 bits per heavy atom. The highest BCUT2D eigenvalue weighted by molar-refractivity contribution is 6.20. The van der Waals surface area contributed by atoms with Gasteiger partial charge in [-0.05, 0) is 36.4 Å². The number of carbonyl (C=O) groups is 2. The van der Waals surface area contributed by atoms with Crippen LogP contribution in [0.25, 0.3) is 11.3 Å². The highest BCUT2D eigenvalue weighted by Gasteiger charge is 2.25. The van der Waals surface area contributed by atoms with Crippen LogP contribution in [0.2, 0.25) is 0 Å². The minimum atomic E-state index is -0.777. The van der Waals surface area contributed by atoms with Gasteiger partial charge in [0.15, 0.2) is 0 Å². The Hall–Kier alpha value is -3.54. The number of hydrogen-bond acceptors (Lipinski definition) is 5. The molecule has 0 N–H and O–H groups in total. The van der Waals surface area contributed by atoms with E-state index in [0.717, 1.165) is 4.90 Å². The average molecular weight is 334 g/mol. The first-order valence-electron chi connectivity index (χ1n) is 7.52. The maximum Gasteiger partial charge on any atom is 0.360 e. The maximum atomic E-state index is 12.6. The molecule has 0 aliphatic carbocycles. The number of benzene rings is 1. The van der Waals surface area contributed by atoms with Crippen LogP contribution in [0.3, 0.4) is 0 Å². The van der Waals surface area contributed by atoms with Gasteiger partial charge >= 0.3 is 5.63 Å². The summed E-state index contributed by atoms with van der Waals surface area (Å²) in [4.78, 5) is 41.7. The van der Waals surface area contributed by atoms with Gasteiger partial charge < -0.3 is 4.42 Å². The van der Waals surface area contributed by atoms with Gasteiger partial charge in [-0.25, -0.2) is 9.69 Å². The van der Waals surface area contributed by atoms with Gasteiger partial charge in [-0.3, -0.25) is 14.6 Å². The summed E-state index contributed by atoms with van der Waals surface area (Å²) < 4.78 is 5.27. The van der Waals surface area contributed by atoms with Gasteiger partial charge in [0.05, 0.1) is 0 Å². The van der Waals surface area contributed by atoms with Crippen LogP contribution in [0.4, 0.5) is 5.69 Å². The average Bonchev–Trinajstić information content (AvgIpc) is 2.64. The Balaban J connectivity index is 2.02. The summed E-state index contributed by atoms with van der Waals surface area (Å²) >= 11 is 0. The van der Waals surface area contributed by atoms with Crippen molar-refractivity contribution < 1.29 is 14.0 Å². The standard InChI is InChI=1S/C19H14N2O4/c1-13(22)21(18(23)14-6-3-2-4-7-14)16-9-10-17(25-19(16)24)15-8-5-11-20-12-15/h2-12H,1H3. The molecule has 2 aromatic heterocycles. The quantitative estimate of drug-likeness (QED) is 0.736. The Bertz CT molecular complexity index is 965. The smallest absolute Gasteiger partial charge is 0.360 e. The SMILES string of the molecule is CC(=O)N(C(=O)c1ccccc1)c1ccc(-c2cccnc2)oc1=O. The topological polar surface area (TPSA) is 80.5 Å². The van der Waals surface area contributed by atoms with E-state index in [1.54, 1.807) is 54.9 Å². The summed E-state index contributed by atoms with van der Waals surface area (Å²) in [6.07, 6.45) is 3.15. The van der Waals surface area contributed by atoms with Crippen LogP contribution >= 0.6 is 0 Å². The van der Waals surface area contributed by atoms with Crippen LogP contribution in [0.5, 0.6) is 0 Å². The third kappa shape index (κ3) is 3.37. The Labute approximate surface area is 143 Å². The van der Waals surface area contributed by atoms with E-state index < -0.39 is 17.4 Å². The molecule has 3 rings (SSSR count). The summed E-state index contributed by atoms with van der Waals surface area (Å²) in [6, 6.07) is 14.6. The lowest BCUT2D eigenvalue weighted by atomic mass is 10.1. The van der Waals surface area contributed by atoms with Gasteiger partial charge in [-0.1, -0.05) is 18.2 Å². The van der Waals surface area contributed by atoms with Crippen molar-refractivity contribution in [1.29, 1.82) is 0 Å². The first-order chi connectivity index (χ1) is 12.1. The third-order valence-electron chi connectivity index (χ3n) is 3.53. The number of anilines is 1. The lowest BCUT2D eigenvalue weighted by molar-refractivity contribution is -0.116. The molecule has 124 valence electrons. The Morgan fingerprint density at radius 3 is 2.36 bits per heavy atom. The summed E-state index contributed by atoms with van der Waals surface area (Å²) in [7, 11) is 0. The van der Waals surface area contributed by atoms with Gasteiger partial charge in [-0.15, -0.1) is 0 Å². The normalized spacial score (nSPS) is 10.3. The van der Waals surface area contributed by atoms with E-state index in [2.05, 4.69) is 4.98 Å². The van der Waals surface area contributed by atoms with E-state index in [-0.39, 0.29) is 5.69 Å². The summed E-state index contributed by atoms with van der Waals surface area (Å²) in [5, 5.41) is 0. The molecule has 0 atom stereocenters. The Kier molecular flexibility index (Phi) is 4.52. The van der Waals surface area contributed by atoms with Crippen molar-refractivity contribution in [2.45, 2.75) is 6.92 Å². The number of carbonyl (C=O) groups excluding carboxylic acids is 2. The van der Waals surface area contributed by atoms with Crippen molar-refractivity contribution in [3.05, 3.63) is 83.0 Å². The lowest BCUT2D eigenvalue weighted by Crippen LogP contribution is -2.38. The highest BCUT2D eigenvalue weighted by Crippen LogP contribution is 2.20. The molecule has 6 heteroatoms. The second-order valence-electron chi connectivity index (χ2n) is 5.24. The lowest BCUT2D eigenvalue weighted by Gasteiger charge is -2.18. The van der Waals surface area contributed by atoms with E-state index in [0.29, 0.717) is 16.9 Å². The molecule has 3 aromatic rings. The predicted molar refractivity (Wildman–Crippen MR) is 92.1 cm³/mol. The zero-order chi connectivity index (χ0) is 17.8. The molecular weight excluding hydrogens is 320 g/mol. The van der Waals surface area contributed by atoms with Crippen LogP contribution < -0.4 is 10.5 Å². The first kappa shape index (κ1) is 16.3. The molecule has 2 amide bonds. The largest absolute Gasteiger partial charge is 0.421 e. The van der Waals surface area contributed by atoms with Crippen LogP contribution in [0, 0.1) is 0 Å². The van der Waals surface area contributed by atoms with E-state index in [1.165, 1.54) is 19.1 Å². The first-order valence-corrected chi connectivity index (χ1v) is 7.52. The van der Waals surface area contributed by atoms with E-state index in [1.807, 2.05) is 0 Å². The van der Waals surface area contributed by atoms with Crippen LogP contribution in [-0.4, -0.2) is 16.8 Å². The summed E-state index contributed by atoms with van der Waals surface area (Å²) in [5.41, 5.74) is 0.0122. The monoisotopic (exact) mass is 334 g/mol. The molecule has 2 heterocycles. The van der Waals surface area contributed by atoms with E-state index in [9.17, 15) is 14.4 Å². The van der Waals surface area contributed by atoms with Crippen LogP contribution in [0.1, 0.15) is 17.3 Å². The number of amides is 2. The molecule has 0 radical (unpaired) electrons. The molecule has 6 nitrogen and oxygen atoms in total. The fraction of sp³-hybridized carbons (Fsp3) is 0.0526. The third-order valence-corrected chi connectivity index (χ3v) is 3.53.